The Kier molecular flexibility index (Phi) is 5.31. The van der Waals surface area contributed by atoms with E-state index in [2.05, 4.69) is 6.07 Å². The predicted octanol–water partition coefficient (Wildman–Crippen LogP) is 3.62. The highest BCUT2D eigenvalue weighted by molar-refractivity contribution is 6.00. The van der Waals surface area contributed by atoms with E-state index in [4.69, 9.17) is 9.47 Å². The number of nitrogens with zero attached hydrogens (tertiary/aromatic N) is 1. The van der Waals surface area contributed by atoms with Crippen molar-refractivity contribution < 1.29 is 19.1 Å². The molecule has 3 rings (SSSR count). The van der Waals surface area contributed by atoms with Crippen molar-refractivity contribution in [2.75, 3.05) is 7.11 Å². The van der Waals surface area contributed by atoms with Gasteiger partial charge in [-0.25, -0.2) is 0 Å². The summed E-state index contributed by atoms with van der Waals surface area (Å²) in [4.78, 5) is 24.1. The first-order chi connectivity index (χ1) is 12.5. The fourth-order valence-corrected chi connectivity index (χ4v) is 4.07. The van der Waals surface area contributed by atoms with Crippen molar-refractivity contribution in [3.8, 4) is 11.8 Å². The smallest absolute Gasteiger partial charge is 0.316 e. The van der Waals surface area contributed by atoms with Crippen LogP contribution in [0, 0.1) is 24.2 Å². The summed E-state index contributed by atoms with van der Waals surface area (Å²) in [6.07, 6.45) is 5.53. The summed E-state index contributed by atoms with van der Waals surface area (Å²) < 4.78 is 10.9. The van der Waals surface area contributed by atoms with Crippen LogP contribution in [0.15, 0.2) is 18.2 Å². The zero-order valence-electron chi connectivity index (χ0n) is 15.4. The summed E-state index contributed by atoms with van der Waals surface area (Å²) in [6.45, 7) is 1.99. The Bertz CT molecular complexity index is 737. The first kappa shape index (κ1) is 18.4. The van der Waals surface area contributed by atoms with Crippen LogP contribution in [-0.2, 0) is 19.7 Å². The lowest BCUT2D eigenvalue weighted by atomic mass is 9.66. The molecule has 0 amide bonds. The molecule has 2 aliphatic rings. The first-order valence-corrected chi connectivity index (χ1v) is 9.28. The number of benzene rings is 1. The van der Waals surface area contributed by atoms with Crippen LogP contribution in [0.4, 0.5) is 0 Å². The van der Waals surface area contributed by atoms with E-state index in [0.29, 0.717) is 6.42 Å². The minimum Gasteiger partial charge on any atom is -0.490 e. The van der Waals surface area contributed by atoms with Gasteiger partial charge < -0.3 is 9.47 Å². The first-order valence-electron chi connectivity index (χ1n) is 9.28. The van der Waals surface area contributed by atoms with Crippen molar-refractivity contribution >= 4 is 11.8 Å². The summed E-state index contributed by atoms with van der Waals surface area (Å²) in [5, 5.41) is 9.94. The molecule has 0 aromatic heterocycles. The van der Waals surface area contributed by atoms with Crippen LogP contribution in [0.3, 0.4) is 0 Å². The van der Waals surface area contributed by atoms with E-state index in [9.17, 15) is 14.9 Å². The van der Waals surface area contributed by atoms with Crippen LogP contribution in [0.25, 0.3) is 0 Å². The van der Waals surface area contributed by atoms with E-state index < -0.39 is 17.3 Å². The van der Waals surface area contributed by atoms with E-state index in [1.807, 2.05) is 25.1 Å². The zero-order valence-corrected chi connectivity index (χ0v) is 15.4. The molecule has 0 bridgehead atoms. The quantitative estimate of drug-likeness (QED) is 0.609. The second-order valence-electron chi connectivity index (χ2n) is 7.44. The van der Waals surface area contributed by atoms with Gasteiger partial charge in [0.2, 0.25) is 0 Å². The van der Waals surface area contributed by atoms with E-state index in [0.717, 1.165) is 29.7 Å². The maximum absolute atomic E-state index is 12.1. The number of Topliss-reactive ketones (excluding diaryl/α,β-unsaturated/α-hetero) is 1. The highest BCUT2D eigenvalue weighted by Gasteiger charge is 2.45. The van der Waals surface area contributed by atoms with Gasteiger partial charge in [-0.15, -0.1) is 0 Å². The second-order valence-corrected chi connectivity index (χ2v) is 7.44. The summed E-state index contributed by atoms with van der Waals surface area (Å²) in [6, 6.07) is 8.20. The lowest BCUT2D eigenvalue weighted by Crippen LogP contribution is -2.40. The third kappa shape index (κ3) is 3.46. The number of carbonyl (C=O) groups excluding carboxylic acids is 2. The number of hydrogen-bond acceptors (Lipinski definition) is 5. The van der Waals surface area contributed by atoms with Crippen molar-refractivity contribution in [1.82, 2.24) is 0 Å². The van der Waals surface area contributed by atoms with Crippen molar-refractivity contribution in [2.45, 2.75) is 63.4 Å². The molecule has 5 heteroatoms. The summed E-state index contributed by atoms with van der Waals surface area (Å²) in [5.74, 6) is -0.759. The standard InChI is InChI=1S/C21H25NO4/c1-14-7-8-15(11-19(14)26-16-5-3-4-6-16)21(13-22)10-9-18(23)17(12-21)20(24)25-2/h7-8,11,16-17H,3-6,9-10,12H2,1-2H3. The summed E-state index contributed by atoms with van der Waals surface area (Å²) >= 11 is 0. The van der Waals surface area contributed by atoms with Gasteiger partial charge in [0, 0.05) is 6.42 Å². The molecule has 2 fully saturated rings. The third-order valence-corrected chi connectivity index (χ3v) is 5.78. The molecular formula is C21H25NO4. The number of esters is 1. The number of aryl methyl sites for hydroxylation is 1. The van der Waals surface area contributed by atoms with Gasteiger partial charge in [-0.2, -0.15) is 5.26 Å². The van der Waals surface area contributed by atoms with E-state index in [-0.39, 0.29) is 24.7 Å². The molecule has 0 radical (unpaired) electrons. The summed E-state index contributed by atoms with van der Waals surface area (Å²) in [5.41, 5.74) is 0.985. The van der Waals surface area contributed by atoms with E-state index in [1.54, 1.807) is 0 Å². The number of hydrogen-bond donors (Lipinski definition) is 0. The highest BCUT2D eigenvalue weighted by Crippen LogP contribution is 2.42. The maximum atomic E-state index is 12.1. The van der Waals surface area contributed by atoms with Gasteiger partial charge in [-0.1, -0.05) is 12.1 Å². The molecule has 26 heavy (non-hydrogen) atoms. The van der Waals surface area contributed by atoms with Gasteiger partial charge in [0.05, 0.1) is 24.7 Å². The molecule has 2 saturated carbocycles. The molecule has 5 nitrogen and oxygen atoms in total. The molecule has 2 unspecified atom stereocenters. The number of nitriles is 1. The van der Waals surface area contributed by atoms with Gasteiger partial charge in [0.15, 0.2) is 0 Å². The predicted molar refractivity (Wildman–Crippen MR) is 95.7 cm³/mol. The monoisotopic (exact) mass is 355 g/mol. The lowest BCUT2D eigenvalue weighted by Gasteiger charge is -2.34. The van der Waals surface area contributed by atoms with Crippen LogP contribution in [0.5, 0.6) is 5.75 Å². The minimum atomic E-state index is -0.867. The Balaban J connectivity index is 1.91. The molecule has 0 spiro atoms. The third-order valence-electron chi connectivity index (χ3n) is 5.78. The van der Waals surface area contributed by atoms with Gasteiger partial charge in [-0.3, -0.25) is 9.59 Å². The fraction of sp³-hybridized carbons (Fsp3) is 0.571. The Morgan fingerprint density at radius 2 is 2.04 bits per heavy atom. The Hall–Kier alpha value is -2.35. The van der Waals surface area contributed by atoms with Crippen LogP contribution in [0.1, 0.15) is 56.1 Å². The molecular weight excluding hydrogens is 330 g/mol. The van der Waals surface area contributed by atoms with Crippen molar-refractivity contribution in [3.05, 3.63) is 29.3 Å². The number of rotatable bonds is 4. The Morgan fingerprint density at radius 3 is 2.69 bits per heavy atom. The van der Waals surface area contributed by atoms with Crippen LogP contribution in [0.2, 0.25) is 0 Å². The van der Waals surface area contributed by atoms with Crippen LogP contribution in [-0.4, -0.2) is 25.0 Å². The average Bonchev–Trinajstić information content (AvgIpc) is 3.17. The number of ether oxygens (including phenoxy) is 2. The van der Waals surface area contributed by atoms with Gasteiger partial charge in [-0.05, 0) is 62.6 Å². The fourth-order valence-electron chi connectivity index (χ4n) is 4.07. The molecule has 1 aromatic rings. The number of carbonyl (C=O) groups is 2. The average molecular weight is 355 g/mol. The van der Waals surface area contributed by atoms with E-state index in [1.165, 1.54) is 20.0 Å². The Morgan fingerprint density at radius 1 is 1.31 bits per heavy atom. The van der Waals surface area contributed by atoms with Crippen LogP contribution < -0.4 is 4.74 Å². The Labute approximate surface area is 154 Å². The van der Waals surface area contributed by atoms with Gasteiger partial charge >= 0.3 is 5.97 Å². The topological polar surface area (TPSA) is 76.4 Å². The molecule has 2 atom stereocenters. The van der Waals surface area contributed by atoms with Gasteiger partial charge in [0.1, 0.15) is 17.5 Å². The van der Waals surface area contributed by atoms with Crippen molar-refractivity contribution in [2.24, 2.45) is 5.92 Å². The molecule has 0 aliphatic heterocycles. The number of methoxy groups -OCH3 is 1. The molecule has 2 aliphatic carbocycles. The minimum absolute atomic E-state index is 0.141. The zero-order chi connectivity index (χ0) is 18.7. The molecule has 0 N–H and O–H groups in total. The normalized spacial score (nSPS) is 26.3. The number of ketones is 1. The van der Waals surface area contributed by atoms with Crippen molar-refractivity contribution in [3.63, 3.8) is 0 Å². The second kappa shape index (κ2) is 7.49. The SMILES string of the molecule is COC(=O)C1CC(C#N)(c2ccc(C)c(OC3CCCC3)c2)CCC1=O. The molecule has 1 aromatic carbocycles. The van der Waals surface area contributed by atoms with Crippen LogP contribution >= 0.6 is 0 Å². The largest absolute Gasteiger partial charge is 0.490 e. The molecule has 0 heterocycles. The highest BCUT2D eigenvalue weighted by atomic mass is 16.5. The van der Waals surface area contributed by atoms with E-state index >= 15 is 0 Å². The van der Waals surface area contributed by atoms with Gasteiger partial charge in [0.25, 0.3) is 0 Å². The molecule has 0 saturated heterocycles. The molecule has 138 valence electrons. The lowest BCUT2D eigenvalue weighted by molar-refractivity contribution is -0.151. The summed E-state index contributed by atoms with van der Waals surface area (Å²) in [7, 11) is 1.28. The van der Waals surface area contributed by atoms with Crippen molar-refractivity contribution in [1.29, 1.82) is 5.26 Å². The maximum Gasteiger partial charge on any atom is 0.316 e.